The molecule has 0 radical (unpaired) electrons. The van der Waals surface area contributed by atoms with Gasteiger partial charge in [-0.1, -0.05) is 15.9 Å². The van der Waals surface area contributed by atoms with Crippen molar-refractivity contribution < 1.29 is 22.6 Å². The summed E-state index contributed by atoms with van der Waals surface area (Å²) in [5.41, 5.74) is 1.77. The molecule has 8 nitrogen and oxygen atoms in total. The van der Waals surface area contributed by atoms with Gasteiger partial charge in [0.1, 0.15) is 10.6 Å². The summed E-state index contributed by atoms with van der Waals surface area (Å²) in [6.07, 6.45) is 0. The lowest BCUT2D eigenvalue weighted by Crippen LogP contribution is -2.48. The summed E-state index contributed by atoms with van der Waals surface area (Å²) in [6.45, 7) is 1.83. The molecule has 0 N–H and O–H groups in total. The number of anilines is 1. The number of sulfonamides is 1. The number of benzene rings is 2. The van der Waals surface area contributed by atoms with Crippen molar-refractivity contribution in [3.05, 3.63) is 46.3 Å². The van der Waals surface area contributed by atoms with E-state index in [2.05, 4.69) is 20.8 Å². The Kier molecular flexibility index (Phi) is 7.13. The highest BCUT2D eigenvalue weighted by Gasteiger charge is 2.31. The van der Waals surface area contributed by atoms with E-state index in [1.165, 1.54) is 22.8 Å². The van der Waals surface area contributed by atoms with Crippen molar-refractivity contribution in [2.45, 2.75) is 4.90 Å². The van der Waals surface area contributed by atoms with Gasteiger partial charge in [-0.25, -0.2) is 13.4 Å². The fourth-order valence-corrected chi connectivity index (χ4v) is 6.65. The maximum Gasteiger partial charge on any atom is 0.246 e. The molecule has 0 spiro atoms. The van der Waals surface area contributed by atoms with Crippen LogP contribution in [-0.4, -0.2) is 65.2 Å². The Morgan fingerprint density at radius 1 is 0.909 bits per heavy atom. The molecule has 4 rings (SSSR count). The van der Waals surface area contributed by atoms with Crippen LogP contribution in [0.5, 0.6) is 17.2 Å². The van der Waals surface area contributed by atoms with Crippen LogP contribution in [0.1, 0.15) is 0 Å². The van der Waals surface area contributed by atoms with Crippen LogP contribution in [0, 0.1) is 0 Å². The predicted octanol–water partition coefficient (Wildman–Crippen LogP) is 4.11. The van der Waals surface area contributed by atoms with Crippen LogP contribution in [0.15, 0.2) is 51.1 Å². The van der Waals surface area contributed by atoms with E-state index >= 15 is 0 Å². The summed E-state index contributed by atoms with van der Waals surface area (Å²) in [5.74, 6) is 1.64. The second-order valence-electron chi connectivity index (χ2n) is 7.27. The molecule has 1 saturated heterocycles. The largest absolute Gasteiger partial charge is 0.495 e. The Morgan fingerprint density at radius 3 is 2.24 bits per heavy atom. The fraction of sp³-hybridized carbons (Fsp3) is 0.318. The van der Waals surface area contributed by atoms with Crippen LogP contribution in [0.2, 0.25) is 0 Å². The van der Waals surface area contributed by atoms with Crippen molar-refractivity contribution in [2.75, 3.05) is 52.4 Å². The number of hydrogen-bond acceptors (Lipinski definition) is 8. The second kappa shape index (κ2) is 9.88. The Labute approximate surface area is 205 Å². The summed E-state index contributed by atoms with van der Waals surface area (Å²) in [6, 6.07) is 10.7. The fourth-order valence-electron chi connectivity index (χ4n) is 3.65. The van der Waals surface area contributed by atoms with E-state index in [1.54, 1.807) is 32.4 Å². The quantitative estimate of drug-likeness (QED) is 0.435. The topological polar surface area (TPSA) is 81.2 Å². The Hall–Kier alpha value is -2.34. The molecule has 1 aromatic heterocycles. The van der Waals surface area contributed by atoms with Crippen molar-refractivity contribution >= 4 is 42.4 Å². The molecule has 2 aromatic carbocycles. The summed E-state index contributed by atoms with van der Waals surface area (Å²) >= 11 is 4.89. The maximum atomic E-state index is 13.2. The molecular formula is C22H24BrN3O5S2. The van der Waals surface area contributed by atoms with Crippen LogP contribution in [0.25, 0.3) is 11.3 Å². The zero-order valence-electron chi connectivity index (χ0n) is 18.4. The molecule has 0 atom stereocenters. The lowest BCUT2D eigenvalue weighted by atomic mass is 10.1. The van der Waals surface area contributed by atoms with Crippen molar-refractivity contribution in [3.8, 4) is 28.5 Å². The summed E-state index contributed by atoms with van der Waals surface area (Å²) in [5, 5.41) is 2.85. The minimum absolute atomic E-state index is 0.165. The molecule has 33 heavy (non-hydrogen) atoms. The van der Waals surface area contributed by atoms with Crippen LogP contribution in [0.3, 0.4) is 0 Å². The first-order valence-electron chi connectivity index (χ1n) is 10.1. The SMILES string of the molecule is COc1ccc(-c2csc(N3CCN(S(=O)(=O)c4cc(Br)ccc4OC)CC3)n2)cc1OC. The molecule has 0 unspecified atom stereocenters. The first kappa shape index (κ1) is 23.8. The third-order valence-corrected chi connectivity index (χ3v) is 8.74. The van der Waals surface area contributed by atoms with Crippen LogP contribution in [-0.2, 0) is 10.0 Å². The smallest absolute Gasteiger partial charge is 0.246 e. The van der Waals surface area contributed by atoms with Gasteiger partial charge in [0, 0.05) is 41.6 Å². The number of hydrogen-bond donors (Lipinski definition) is 0. The molecule has 1 aliphatic rings. The van der Waals surface area contributed by atoms with E-state index in [9.17, 15) is 8.42 Å². The predicted molar refractivity (Wildman–Crippen MR) is 132 cm³/mol. The lowest BCUT2D eigenvalue weighted by molar-refractivity contribution is 0.355. The first-order valence-corrected chi connectivity index (χ1v) is 13.2. The third-order valence-electron chi connectivity index (χ3n) is 5.42. The van der Waals surface area contributed by atoms with Gasteiger partial charge in [0.2, 0.25) is 10.0 Å². The maximum absolute atomic E-state index is 13.2. The van der Waals surface area contributed by atoms with Gasteiger partial charge in [-0.05, 0) is 36.4 Å². The molecule has 11 heteroatoms. The second-order valence-corrected chi connectivity index (χ2v) is 10.9. The van der Waals surface area contributed by atoms with Crippen molar-refractivity contribution in [1.82, 2.24) is 9.29 Å². The highest BCUT2D eigenvalue weighted by Crippen LogP contribution is 2.35. The van der Waals surface area contributed by atoms with Crippen LogP contribution >= 0.6 is 27.3 Å². The molecule has 1 aliphatic heterocycles. The van der Waals surface area contributed by atoms with Gasteiger partial charge >= 0.3 is 0 Å². The minimum atomic E-state index is -3.68. The Morgan fingerprint density at radius 2 is 1.58 bits per heavy atom. The average Bonchev–Trinajstić information content (AvgIpc) is 3.34. The number of piperazine rings is 1. The summed E-state index contributed by atoms with van der Waals surface area (Å²) < 4.78 is 44.6. The number of thiazole rings is 1. The zero-order chi connectivity index (χ0) is 23.6. The molecule has 1 fully saturated rings. The average molecular weight is 554 g/mol. The molecule has 0 aliphatic carbocycles. The van der Waals surface area contributed by atoms with E-state index < -0.39 is 10.0 Å². The number of methoxy groups -OCH3 is 3. The Balaban J connectivity index is 1.48. The Bertz CT molecular complexity index is 1240. The van der Waals surface area contributed by atoms with Gasteiger partial charge in [0.05, 0.1) is 27.0 Å². The van der Waals surface area contributed by atoms with E-state index in [-0.39, 0.29) is 4.90 Å². The van der Waals surface area contributed by atoms with Crippen LogP contribution in [0.4, 0.5) is 5.13 Å². The molecule has 0 saturated carbocycles. The number of halogens is 1. The van der Waals surface area contributed by atoms with Crippen molar-refractivity contribution in [2.24, 2.45) is 0 Å². The van der Waals surface area contributed by atoms with Gasteiger partial charge in [0.25, 0.3) is 0 Å². The summed E-state index contributed by atoms with van der Waals surface area (Å²) in [7, 11) is 1.000. The number of aromatic nitrogens is 1. The number of nitrogens with zero attached hydrogens (tertiary/aromatic N) is 3. The molecule has 2 heterocycles. The highest BCUT2D eigenvalue weighted by molar-refractivity contribution is 9.10. The van der Waals surface area contributed by atoms with E-state index in [4.69, 9.17) is 19.2 Å². The van der Waals surface area contributed by atoms with E-state index in [0.717, 1.165) is 16.4 Å². The van der Waals surface area contributed by atoms with E-state index in [1.807, 2.05) is 23.6 Å². The van der Waals surface area contributed by atoms with Crippen LogP contribution < -0.4 is 19.1 Å². The molecule has 176 valence electrons. The number of ether oxygens (including phenoxy) is 3. The third kappa shape index (κ3) is 4.81. The van der Waals surface area contributed by atoms with Gasteiger partial charge in [-0.3, -0.25) is 0 Å². The van der Waals surface area contributed by atoms with E-state index in [0.29, 0.717) is 47.9 Å². The summed E-state index contributed by atoms with van der Waals surface area (Å²) in [4.78, 5) is 7.05. The first-order chi connectivity index (χ1) is 15.9. The standard InChI is InChI=1S/C22H24BrN3O5S2/c1-29-18-6-4-15(12-20(18)31-3)17-14-32-22(24-17)25-8-10-26(11-9-25)33(27,28)21-13-16(23)5-7-19(21)30-2/h4-7,12-14H,8-11H2,1-3H3. The molecule has 0 bridgehead atoms. The highest BCUT2D eigenvalue weighted by atomic mass is 79.9. The molecular weight excluding hydrogens is 530 g/mol. The van der Waals surface area contributed by atoms with Crippen molar-refractivity contribution in [1.29, 1.82) is 0 Å². The van der Waals surface area contributed by atoms with Gasteiger partial charge < -0.3 is 19.1 Å². The zero-order valence-corrected chi connectivity index (χ0v) is 21.7. The van der Waals surface area contributed by atoms with Crippen molar-refractivity contribution in [3.63, 3.8) is 0 Å². The lowest BCUT2D eigenvalue weighted by Gasteiger charge is -2.34. The van der Waals surface area contributed by atoms with Gasteiger partial charge in [-0.2, -0.15) is 4.31 Å². The molecule has 0 amide bonds. The monoisotopic (exact) mass is 553 g/mol. The number of rotatable bonds is 7. The molecule has 3 aromatic rings. The normalized spacial score (nSPS) is 14.8. The minimum Gasteiger partial charge on any atom is -0.495 e. The van der Waals surface area contributed by atoms with Gasteiger partial charge in [0.15, 0.2) is 16.6 Å². The van der Waals surface area contributed by atoms with Gasteiger partial charge in [-0.15, -0.1) is 11.3 Å².